The van der Waals surface area contributed by atoms with E-state index in [2.05, 4.69) is 23.6 Å². The molecule has 1 aliphatic rings. The Labute approximate surface area is 154 Å². The maximum atomic E-state index is 12.4. The van der Waals surface area contributed by atoms with Crippen molar-refractivity contribution in [3.63, 3.8) is 0 Å². The van der Waals surface area contributed by atoms with Crippen molar-refractivity contribution >= 4 is 28.9 Å². The lowest BCUT2D eigenvalue weighted by Crippen LogP contribution is -2.44. The van der Waals surface area contributed by atoms with Crippen molar-refractivity contribution in [1.82, 2.24) is 0 Å². The first-order chi connectivity index (χ1) is 12.5. The van der Waals surface area contributed by atoms with Gasteiger partial charge in [0.2, 0.25) is 11.8 Å². The number of carbonyl (C=O) groups excluding carboxylic acids is 2. The number of rotatable bonds is 4. The Kier molecular flexibility index (Phi) is 5.26. The van der Waals surface area contributed by atoms with Crippen molar-refractivity contribution in [1.29, 1.82) is 0 Å². The smallest absolute Gasteiger partial charge is 0.226 e. The molecular formula is C21H25N3O2. The number of fused-ring (bicyclic) bond motifs is 1. The van der Waals surface area contributed by atoms with Gasteiger partial charge < -0.3 is 15.5 Å². The SMILES string of the molecule is CCC(=O)N1c2ccccc2[C@H](Nc2ccc(NC(C)=O)cc2)C[C@@H]1C. The van der Waals surface area contributed by atoms with E-state index >= 15 is 0 Å². The van der Waals surface area contributed by atoms with Crippen LogP contribution in [0.1, 0.15) is 45.2 Å². The molecule has 136 valence electrons. The van der Waals surface area contributed by atoms with E-state index in [0.29, 0.717) is 6.42 Å². The summed E-state index contributed by atoms with van der Waals surface area (Å²) in [4.78, 5) is 25.5. The number of benzene rings is 2. The molecule has 0 fully saturated rings. The minimum Gasteiger partial charge on any atom is -0.378 e. The number of anilines is 3. The van der Waals surface area contributed by atoms with Gasteiger partial charge in [-0.15, -0.1) is 0 Å². The van der Waals surface area contributed by atoms with E-state index in [-0.39, 0.29) is 23.9 Å². The summed E-state index contributed by atoms with van der Waals surface area (Å²) in [6.07, 6.45) is 1.34. The molecule has 1 aliphatic heterocycles. The summed E-state index contributed by atoms with van der Waals surface area (Å²) in [5.74, 6) is 0.0736. The Morgan fingerprint density at radius 3 is 2.38 bits per heavy atom. The van der Waals surface area contributed by atoms with Gasteiger partial charge >= 0.3 is 0 Å². The number of nitrogens with zero attached hydrogens (tertiary/aromatic N) is 1. The number of nitrogens with one attached hydrogen (secondary N) is 2. The molecule has 5 nitrogen and oxygen atoms in total. The second-order valence-corrected chi connectivity index (χ2v) is 6.72. The average molecular weight is 351 g/mol. The summed E-state index contributed by atoms with van der Waals surface area (Å²) in [5.41, 5.74) is 3.89. The minimum absolute atomic E-state index is 0.0820. The van der Waals surface area contributed by atoms with Gasteiger partial charge in [0.25, 0.3) is 0 Å². The molecule has 0 bridgehead atoms. The van der Waals surface area contributed by atoms with E-state index in [1.54, 1.807) is 0 Å². The molecule has 5 heteroatoms. The summed E-state index contributed by atoms with van der Waals surface area (Å²) in [6.45, 7) is 5.49. The first kappa shape index (κ1) is 18.0. The normalized spacial score (nSPS) is 18.8. The molecule has 2 aromatic carbocycles. The van der Waals surface area contributed by atoms with Crippen molar-refractivity contribution < 1.29 is 9.59 Å². The first-order valence-electron chi connectivity index (χ1n) is 9.04. The predicted molar refractivity (Wildman–Crippen MR) is 105 cm³/mol. The maximum absolute atomic E-state index is 12.4. The predicted octanol–water partition coefficient (Wildman–Crippen LogP) is 4.33. The van der Waals surface area contributed by atoms with E-state index in [4.69, 9.17) is 0 Å². The zero-order chi connectivity index (χ0) is 18.7. The summed E-state index contributed by atoms with van der Waals surface area (Å²) < 4.78 is 0. The average Bonchev–Trinajstić information content (AvgIpc) is 2.62. The second-order valence-electron chi connectivity index (χ2n) is 6.72. The molecule has 0 saturated carbocycles. The van der Waals surface area contributed by atoms with Crippen LogP contribution in [0, 0.1) is 0 Å². The van der Waals surface area contributed by atoms with Crippen LogP contribution < -0.4 is 15.5 Å². The van der Waals surface area contributed by atoms with Gasteiger partial charge in [-0.05, 0) is 49.2 Å². The molecule has 0 spiro atoms. The summed E-state index contributed by atoms with van der Waals surface area (Å²) in [6, 6.07) is 16.0. The van der Waals surface area contributed by atoms with Crippen LogP contribution in [0.2, 0.25) is 0 Å². The molecule has 1 heterocycles. The molecular weight excluding hydrogens is 326 g/mol. The second kappa shape index (κ2) is 7.60. The van der Waals surface area contributed by atoms with Gasteiger partial charge in [-0.3, -0.25) is 9.59 Å². The van der Waals surface area contributed by atoms with E-state index in [1.165, 1.54) is 6.92 Å². The molecule has 0 aliphatic carbocycles. The van der Waals surface area contributed by atoms with Crippen molar-refractivity contribution in [2.75, 3.05) is 15.5 Å². The molecule has 26 heavy (non-hydrogen) atoms. The van der Waals surface area contributed by atoms with Gasteiger partial charge in [0, 0.05) is 36.4 Å². The molecule has 2 atom stereocenters. The summed E-state index contributed by atoms with van der Waals surface area (Å²) in [5, 5.41) is 6.35. The fourth-order valence-electron chi connectivity index (χ4n) is 3.55. The van der Waals surface area contributed by atoms with E-state index < -0.39 is 0 Å². The standard InChI is InChI=1S/C21H25N3O2/c1-4-21(26)24-14(2)13-19(18-7-5-6-8-20(18)24)23-17-11-9-16(10-12-17)22-15(3)25/h5-12,14,19,23H,4,13H2,1-3H3,(H,22,25)/t14-,19+/m0/s1. The Balaban J connectivity index is 1.84. The van der Waals surface area contributed by atoms with Crippen LogP contribution in [0.25, 0.3) is 0 Å². The molecule has 2 N–H and O–H groups in total. The largest absolute Gasteiger partial charge is 0.378 e. The Bertz CT molecular complexity index is 801. The van der Waals surface area contributed by atoms with Crippen LogP contribution >= 0.6 is 0 Å². The van der Waals surface area contributed by atoms with Crippen molar-refractivity contribution in [3.8, 4) is 0 Å². The highest BCUT2D eigenvalue weighted by atomic mass is 16.2. The van der Waals surface area contributed by atoms with Gasteiger partial charge in [-0.2, -0.15) is 0 Å². The topological polar surface area (TPSA) is 61.4 Å². The van der Waals surface area contributed by atoms with E-state index in [0.717, 1.165) is 29.0 Å². The Morgan fingerprint density at radius 1 is 1.08 bits per heavy atom. The third-order valence-electron chi connectivity index (χ3n) is 4.71. The number of hydrogen-bond donors (Lipinski definition) is 2. The molecule has 2 aromatic rings. The minimum atomic E-state index is -0.0820. The van der Waals surface area contributed by atoms with Crippen molar-refractivity contribution in [2.24, 2.45) is 0 Å². The van der Waals surface area contributed by atoms with Crippen LogP contribution in [0.4, 0.5) is 17.1 Å². The molecule has 3 rings (SSSR count). The molecule has 0 radical (unpaired) electrons. The van der Waals surface area contributed by atoms with E-state index in [9.17, 15) is 9.59 Å². The van der Waals surface area contributed by atoms with Crippen LogP contribution in [0.5, 0.6) is 0 Å². The zero-order valence-electron chi connectivity index (χ0n) is 15.5. The quantitative estimate of drug-likeness (QED) is 0.862. The van der Waals surface area contributed by atoms with Crippen LogP contribution in [0.3, 0.4) is 0 Å². The van der Waals surface area contributed by atoms with Crippen molar-refractivity contribution in [3.05, 3.63) is 54.1 Å². The fraction of sp³-hybridized carbons (Fsp3) is 0.333. The lowest BCUT2D eigenvalue weighted by Gasteiger charge is -2.40. The Morgan fingerprint density at radius 2 is 1.73 bits per heavy atom. The molecule has 2 amide bonds. The van der Waals surface area contributed by atoms with Crippen LogP contribution in [-0.2, 0) is 9.59 Å². The highest BCUT2D eigenvalue weighted by Crippen LogP contribution is 2.39. The van der Waals surface area contributed by atoms with Gasteiger partial charge in [0.15, 0.2) is 0 Å². The van der Waals surface area contributed by atoms with Gasteiger partial charge in [0.05, 0.1) is 6.04 Å². The van der Waals surface area contributed by atoms with E-state index in [1.807, 2.05) is 54.3 Å². The van der Waals surface area contributed by atoms with Gasteiger partial charge in [-0.25, -0.2) is 0 Å². The molecule has 0 aromatic heterocycles. The monoisotopic (exact) mass is 351 g/mol. The summed E-state index contributed by atoms with van der Waals surface area (Å²) in [7, 11) is 0. The summed E-state index contributed by atoms with van der Waals surface area (Å²) >= 11 is 0. The third kappa shape index (κ3) is 3.72. The third-order valence-corrected chi connectivity index (χ3v) is 4.71. The molecule has 0 unspecified atom stereocenters. The van der Waals surface area contributed by atoms with Crippen molar-refractivity contribution in [2.45, 2.75) is 45.7 Å². The van der Waals surface area contributed by atoms with Gasteiger partial charge in [-0.1, -0.05) is 25.1 Å². The number of amides is 2. The number of hydrogen-bond acceptors (Lipinski definition) is 3. The maximum Gasteiger partial charge on any atom is 0.226 e. The van der Waals surface area contributed by atoms with Gasteiger partial charge in [0.1, 0.15) is 0 Å². The zero-order valence-corrected chi connectivity index (χ0v) is 15.5. The highest BCUT2D eigenvalue weighted by molar-refractivity contribution is 5.95. The molecule has 0 saturated heterocycles. The van der Waals surface area contributed by atoms with Crippen LogP contribution in [0.15, 0.2) is 48.5 Å². The lowest BCUT2D eigenvalue weighted by molar-refractivity contribution is -0.119. The highest BCUT2D eigenvalue weighted by Gasteiger charge is 2.32. The fourth-order valence-corrected chi connectivity index (χ4v) is 3.55. The van der Waals surface area contributed by atoms with Crippen LogP contribution in [-0.4, -0.2) is 17.9 Å². The number of para-hydroxylation sites is 1. The number of carbonyl (C=O) groups is 2. The lowest BCUT2D eigenvalue weighted by atomic mass is 9.91. The Hall–Kier alpha value is -2.82. The first-order valence-corrected chi connectivity index (χ1v) is 9.04.